The van der Waals surface area contributed by atoms with E-state index in [2.05, 4.69) is 0 Å². The first-order chi connectivity index (χ1) is 12.2. The lowest BCUT2D eigenvalue weighted by Gasteiger charge is -2.34. The number of benzene rings is 1. The Balaban J connectivity index is 1.74. The van der Waals surface area contributed by atoms with Crippen LogP contribution >= 0.6 is 0 Å². The number of furan rings is 1. The minimum absolute atomic E-state index is 0.0746. The maximum atomic E-state index is 13.4. The van der Waals surface area contributed by atoms with Gasteiger partial charge in [0.1, 0.15) is 17.3 Å². The lowest BCUT2D eigenvalue weighted by Crippen LogP contribution is -2.50. The first-order valence-electron chi connectivity index (χ1n) is 8.33. The predicted octanol–water partition coefficient (Wildman–Crippen LogP) is 2.49. The molecule has 1 fully saturated rings. The largest absolute Gasteiger partial charge is 0.466 e. The van der Waals surface area contributed by atoms with Crippen LogP contribution in [0.3, 0.4) is 0 Å². The van der Waals surface area contributed by atoms with Crippen molar-refractivity contribution in [3.63, 3.8) is 0 Å². The third-order valence-corrected chi connectivity index (χ3v) is 6.63. The standard InChI is InChI=1S/C18H21FN2O4S/c1-12-13(2)25-14(3)17(12)18(22)20-7-9-21(10-8-20)26(23,24)16-6-4-5-15(19)11-16/h4-6,11H,7-10H2,1-3H3. The van der Waals surface area contributed by atoms with Crippen molar-refractivity contribution < 1.29 is 22.0 Å². The van der Waals surface area contributed by atoms with Crippen LogP contribution in [-0.2, 0) is 10.0 Å². The van der Waals surface area contributed by atoms with E-state index in [9.17, 15) is 17.6 Å². The number of piperazine rings is 1. The van der Waals surface area contributed by atoms with E-state index in [4.69, 9.17) is 4.42 Å². The number of sulfonamides is 1. The fourth-order valence-corrected chi connectivity index (χ4v) is 4.63. The van der Waals surface area contributed by atoms with Gasteiger partial charge < -0.3 is 9.32 Å². The number of hydrogen-bond acceptors (Lipinski definition) is 4. The summed E-state index contributed by atoms with van der Waals surface area (Å²) < 4.78 is 45.4. The SMILES string of the molecule is Cc1oc(C)c(C(=O)N2CCN(S(=O)(=O)c3cccc(F)c3)CC2)c1C. The molecule has 0 spiro atoms. The molecule has 1 amide bonds. The molecule has 8 heteroatoms. The highest BCUT2D eigenvalue weighted by atomic mass is 32.2. The third kappa shape index (κ3) is 3.26. The molecule has 3 rings (SSSR count). The van der Waals surface area contributed by atoms with Crippen molar-refractivity contribution in [3.05, 3.63) is 52.7 Å². The lowest BCUT2D eigenvalue weighted by atomic mass is 10.1. The Labute approximate surface area is 152 Å². The van der Waals surface area contributed by atoms with Crippen LogP contribution in [0.1, 0.15) is 27.4 Å². The molecule has 0 unspecified atom stereocenters. The fraction of sp³-hybridized carbons (Fsp3) is 0.389. The molecule has 2 heterocycles. The molecule has 0 aliphatic carbocycles. The number of halogens is 1. The summed E-state index contributed by atoms with van der Waals surface area (Å²) in [5, 5.41) is 0. The molecule has 1 saturated heterocycles. The molecule has 0 N–H and O–H groups in total. The van der Waals surface area contributed by atoms with E-state index in [1.807, 2.05) is 13.8 Å². The van der Waals surface area contributed by atoms with E-state index >= 15 is 0 Å². The summed E-state index contributed by atoms with van der Waals surface area (Å²) in [5.74, 6) is 0.527. The molecule has 2 aromatic rings. The van der Waals surface area contributed by atoms with Gasteiger partial charge in [0, 0.05) is 31.7 Å². The Kier molecular flexibility index (Phi) is 4.90. The third-order valence-electron chi connectivity index (χ3n) is 4.73. The minimum Gasteiger partial charge on any atom is -0.466 e. The number of carbonyl (C=O) groups is 1. The van der Waals surface area contributed by atoms with E-state index in [1.54, 1.807) is 11.8 Å². The number of carbonyl (C=O) groups excluding carboxylic acids is 1. The molecule has 1 aromatic heterocycles. The van der Waals surface area contributed by atoms with E-state index in [0.717, 1.165) is 11.6 Å². The van der Waals surface area contributed by atoms with E-state index in [-0.39, 0.29) is 37.0 Å². The second kappa shape index (κ2) is 6.85. The van der Waals surface area contributed by atoms with Crippen LogP contribution in [0.2, 0.25) is 0 Å². The highest BCUT2D eigenvalue weighted by Crippen LogP contribution is 2.24. The van der Waals surface area contributed by atoms with Crippen LogP contribution in [-0.4, -0.2) is 49.7 Å². The number of rotatable bonds is 3. The lowest BCUT2D eigenvalue weighted by molar-refractivity contribution is 0.0695. The van der Waals surface area contributed by atoms with Crippen molar-refractivity contribution in [2.45, 2.75) is 25.7 Å². The molecule has 1 aromatic carbocycles. The second-order valence-electron chi connectivity index (χ2n) is 6.37. The zero-order valence-electron chi connectivity index (χ0n) is 15.0. The highest BCUT2D eigenvalue weighted by molar-refractivity contribution is 7.89. The molecular weight excluding hydrogens is 359 g/mol. The number of hydrogen-bond donors (Lipinski definition) is 0. The van der Waals surface area contributed by atoms with Crippen LogP contribution in [0.15, 0.2) is 33.6 Å². The van der Waals surface area contributed by atoms with Gasteiger partial charge in [-0.15, -0.1) is 0 Å². The quantitative estimate of drug-likeness (QED) is 0.820. The van der Waals surface area contributed by atoms with Gasteiger partial charge in [-0.2, -0.15) is 4.31 Å². The smallest absolute Gasteiger partial charge is 0.257 e. The van der Waals surface area contributed by atoms with Gasteiger partial charge in [-0.25, -0.2) is 12.8 Å². The topological polar surface area (TPSA) is 70.8 Å². The minimum atomic E-state index is -3.77. The first-order valence-corrected chi connectivity index (χ1v) is 9.77. The van der Waals surface area contributed by atoms with Gasteiger partial charge in [0.25, 0.3) is 5.91 Å². The Bertz CT molecular complexity index is 944. The molecule has 1 aliphatic heterocycles. The van der Waals surface area contributed by atoms with Gasteiger partial charge >= 0.3 is 0 Å². The molecule has 0 saturated carbocycles. The fourth-order valence-electron chi connectivity index (χ4n) is 3.17. The van der Waals surface area contributed by atoms with Crippen molar-refractivity contribution in [3.8, 4) is 0 Å². The molecule has 26 heavy (non-hydrogen) atoms. The van der Waals surface area contributed by atoms with Gasteiger partial charge in [-0.1, -0.05) is 6.07 Å². The van der Waals surface area contributed by atoms with Crippen molar-refractivity contribution in [1.29, 1.82) is 0 Å². The molecule has 1 aliphatic rings. The average Bonchev–Trinajstić information content (AvgIpc) is 2.86. The van der Waals surface area contributed by atoms with E-state index < -0.39 is 15.8 Å². The van der Waals surface area contributed by atoms with Gasteiger partial charge in [-0.3, -0.25) is 4.79 Å². The summed E-state index contributed by atoms with van der Waals surface area (Å²) >= 11 is 0. The average molecular weight is 380 g/mol. The Morgan fingerprint density at radius 3 is 2.27 bits per heavy atom. The van der Waals surface area contributed by atoms with E-state index in [1.165, 1.54) is 22.5 Å². The molecule has 0 radical (unpaired) electrons. The Hall–Kier alpha value is -2.19. The van der Waals surface area contributed by atoms with Crippen molar-refractivity contribution in [2.24, 2.45) is 0 Å². The molecular formula is C18H21FN2O4S. The molecule has 0 bridgehead atoms. The molecule has 140 valence electrons. The summed E-state index contributed by atoms with van der Waals surface area (Å²) in [6.07, 6.45) is 0. The summed E-state index contributed by atoms with van der Waals surface area (Å²) in [7, 11) is -3.77. The monoisotopic (exact) mass is 380 g/mol. The van der Waals surface area contributed by atoms with E-state index in [0.29, 0.717) is 17.1 Å². The van der Waals surface area contributed by atoms with Crippen LogP contribution in [0.4, 0.5) is 4.39 Å². The number of nitrogens with zero attached hydrogens (tertiary/aromatic N) is 2. The first kappa shape index (κ1) is 18.6. The van der Waals surface area contributed by atoms with Crippen LogP contribution < -0.4 is 0 Å². The van der Waals surface area contributed by atoms with Gasteiger partial charge in [0.15, 0.2) is 0 Å². The normalized spacial score (nSPS) is 16.1. The number of amides is 1. The van der Waals surface area contributed by atoms with Crippen molar-refractivity contribution in [1.82, 2.24) is 9.21 Å². The van der Waals surface area contributed by atoms with Crippen molar-refractivity contribution >= 4 is 15.9 Å². The highest BCUT2D eigenvalue weighted by Gasteiger charge is 2.32. The molecule has 0 atom stereocenters. The van der Waals surface area contributed by atoms with Crippen LogP contribution in [0, 0.1) is 26.6 Å². The van der Waals surface area contributed by atoms with Gasteiger partial charge in [-0.05, 0) is 39.0 Å². The zero-order chi connectivity index (χ0) is 19.1. The summed E-state index contributed by atoms with van der Waals surface area (Å²) in [4.78, 5) is 14.3. The summed E-state index contributed by atoms with van der Waals surface area (Å²) in [6, 6.07) is 4.95. The van der Waals surface area contributed by atoms with Gasteiger partial charge in [0.2, 0.25) is 10.0 Å². The predicted molar refractivity (Wildman–Crippen MR) is 94.0 cm³/mol. The summed E-state index contributed by atoms with van der Waals surface area (Å²) in [5.41, 5.74) is 1.35. The second-order valence-corrected chi connectivity index (χ2v) is 8.31. The van der Waals surface area contributed by atoms with Crippen LogP contribution in [0.25, 0.3) is 0 Å². The van der Waals surface area contributed by atoms with Gasteiger partial charge in [0.05, 0.1) is 10.5 Å². The van der Waals surface area contributed by atoms with Crippen LogP contribution in [0.5, 0.6) is 0 Å². The Morgan fingerprint density at radius 2 is 1.73 bits per heavy atom. The zero-order valence-corrected chi connectivity index (χ0v) is 15.8. The van der Waals surface area contributed by atoms with Crippen molar-refractivity contribution in [2.75, 3.05) is 26.2 Å². The maximum Gasteiger partial charge on any atom is 0.257 e. The Morgan fingerprint density at radius 1 is 1.08 bits per heavy atom. The number of aryl methyl sites for hydroxylation is 2. The summed E-state index contributed by atoms with van der Waals surface area (Å²) in [6.45, 7) is 6.27. The maximum absolute atomic E-state index is 13.4. The molecule has 6 nitrogen and oxygen atoms in total.